The zero-order valence-corrected chi connectivity index (χ0v) is 14.0. The molecule has 1 aliphatic heterocycles. The fourth-order valence-electron chi connectivity index (χ4n) is 2.85. The van der Waals surface area contributed by atoms with Gasteiger partial charge in [0, 0.05) is 5.56 Å². The number of rotatable bonds is 3. The van der Waals surface area contributed by atoms with E-state index in [0.717, 1.165) is 24.3 Å². The second-order valence-electron chi connectivity index (χ2n) is 6.01. The largest absolute Gasteiger partial charge is 0.436 e. The van der Waals surface area contributed by atoms with Crippen LogP contribution in [0.1, 0.15) is 11.1 Å². The van der Waals surface area contributed by atoms with Crippen LogP contribution in [0.25, 0.3) is 5.57 Å². The van der Waals surface area contributed by atoms with E-state index >= 15 is 0 Å². The van der Waals surface area contributed by atoms with Crippen LogP contribution in [-0.2, 0) is 15.1 Å². The normalized spacial score (nSPS) is 20.7. The minimum Gasteiger partial charge on any atom is -0.436 e. The van der Waals surface area contributed by atoms with Gasteiger partial charge in [0.15, 0.2) is 0 Å². The highest BCUT2D eigenvalue weighted by Crippen LogP contribution is 2.48. The number of benzene rings is 2. The summed E-state index contributed by atoms with van der Waals surface area (Å²) >= 11 is 0. The van der Waals surface area contributed by atoms with E-state index < -0.39 is 40.6 Å². The molecule has 0 radical (unpaired) electrons. The smallest absolute Gasteiger partial charge is 0.436 e. The van der Waals surface area contributed by atoms with E-state index in [2.05, 4.69) is 4.74 Å². The number of carbonyl (C=O) groups is 1. The Morgan fingerprint density at radius 3 is 1.89 bits per heavy atom. The van der Waals surface area contributed by atoms with Crippen LogP contribution in [0.5, 0.6) is 0 Å². The molecule has 0 saturated carbocycles. The molecule has 2 aromatic rings. The highest BCUT2D eigenvalue weighted by Gasteiger charge is 2.61. The van der Waals surface area contributed by atoms with Gasteiger partial charge in [-0.15, -0.1) is 0 Å². The van der Waals surface area contributed by atoms with Gasteiger partial charge in [0.25, 0.3) is 5.60 Å². The average molecular weight is 398 g/mol. The van der Waals surface area contributed by atoms with Crippen molar-refractivity contribution in [3.8, 4) is 0 Å². The SMILES string of the molecule is O=C1OC(c2ccccc2)(C(F)(F)F)C=C1/C=C(\c1ccccc1)C(F)(F)F. The third-order valence-electron chi connectivity index (χ3n) is 4.16. The predicted molar refractivity (Wildman–Crippen MR) is 88.8 cm³/mol. The molecular formula is C20H12F6O2. The number of carbonyl (C=O) groups excluding carboxylic acids is 1. The fourth-order valence-corrected chi connectivity index (χ4v) is 2.85. The van der Waals surface area contributed by atoms with Gasteiger partial charge in [-0.3, -0.25) is 0 Å². The summed E-state index contributed by atoms with van der Waals surface area (Å²) in [5, 5.41) is 0. The minimum atomic E-state index is -5.06. The summed E-state index contributed by atoms with van der Waals surface area (Å²) < 4.78 is 86.3. The van der Waals surface area contributed by atoms with Crippen LogP contribution >= 0.6 is 0 Å². The lowest BCUT2D eigenvalue weighted by atomic mass is 9.91. The van der Waals surface area contributed by atoms with Crippen molar-refractivity contribution in [3.05, 3.63) is 89.5 Å². The second kappa shape index (κ2) is 6.85. The number of esters is 1. The number of halogens is 6. The van der Waals surface area contributed by atoms with E-state index in [0.29, 0.717) is 12.2 Å². The number of cyclic esters (lactones) is 1. The van der Waals surface area contributed by atoms with Gasteiger partial charge >= 0.3 is 18.3 Å². The molecule has 1 heterocycles. The molecule has 146 valence electrons. The number of allylic oxidation sites excluding steroid dienone is 1. The predicted octanol–water partition coefficient (Wildman–Crippen LogP) is 5.57. The lowest BCUT2D eigenvalue weighted by molar-refractivity contribution is -0.250. The van der Waals surface area contributed by atoms with Gasteiger partial charge in [0.2, 0.25) is 0 Å². The Bertz CT molecular complexity index is 927. The molecule has 1 atom stereocenters. The van der Waals surface area contributed by atoms with Crippen LogP contribution in [0.3, 0.4) is 0 Å². The van der Waals surface area contributed by atoms with E-state index in [1.807, 2.05) is 0 Å². The Labute approximate surface area is 155 Å². The molecule has 0 spiro atoms. The van der Waals surface area contributed by atoms with E-state index in [1.54, 1.807) is 0 Å². The average Bonchev–Trinajstić information content (AvgIpc) is 2.98. The van der Waals surface area contributed by atoms with Crippen LogP contribution in [0, 0.1) is 0 Å². The zero-order valence-electron chi connectivity index (χ0n) is 14.0. The van der Waals surface area contributed by atoms with Gasteiger partial charge in [-0.1, -0.05) is 60.7 Å². The van der Waals surface area contributed by atoms with Crippen molar-refractivity contribution in [2.75, 3.05) is 0 Å². The molecule has 0 amide bonds. The summed E-state index contributed by atoms with van der Waals surface area (Å²) in [6.45, 7) is 0. The maximum atomic E-state index is 13.8. The fraction of sp³-hybridized carbons (Fsp3) is 0.150. The Morgan fingerprint density at radius 1 is 0.857 bits per heavy atom. The first-order chi connectivity index (χ1) is 13.0. The van der Waals surface area contributed by atoms with Crippen molar-refractivity contribution in [2.24, 2.45) is 0 Å². The van der Waals surface area contributed by atoms with Crippen molar-refractivity contribution >= 4 is 11.5 Å². The Kier molecular flexibility index (Phi) is 4.82. The molecule has 0 aliphatic carbocycles. The van der Waals surface area contributed by atoms with E-state index in [4.69, 9.17) is 0 Å². The molecule has 2 aromatic carbocycles. The highest BCUT2D eigenvalue weighted by molar-refractivity contribution is 5.97. The van der Waals surface area contributed by atoms with E-state index in [9.17, 15) is 31.1 Å². The van der Waals surface area contributed by atoms with Crippen molar-refractivity contribution < 1.29 is 35.9 Å². The molecule has 0 fully saturated rings. The third kappa shape index (κ3) is 3.54. The number of hydrogen-bond donors (Lipinski definition) is 0. The molecule has 0 aromatic heterocycles. The maximum absolute atomic E-state index is 13.8. The van der Waals surface area contributed by atoms with Crippen molar-refractivity contribution in [1.82, 2.24) is 0 Å². The van der Waals surface area contributed by atoms with Crippen LogP contribution < -0.4 is 0 Å². The van der Waals surface area contributed by atoms with E-state index in [1.165, 1.54) is 36.4 Å². The molecule has 1 aliphatic rings. The molecule has 0 N–H and O–H groups in total. The summed E-state index contributed by atoms with van der Waals surface area (Å²) in [6, 6.07) is 12.7. The molecule has 0 bridgehead atoms. The highest BCUT2D eigenvalue weighted by atomic mass is 19.4. The molecule has 2 nitrogen and oxygen atoms in total. The van der Waals surface area contributed by atoms with Gasteiger partial charge in [-0.2, -0.15) is 26.3 Å². The topological polar surface area (TPSA) is 26.3 Å². The number of alkyl halides is 6. The minimum absolute atomic E-state index is 0.284. The monoisotopic (exact) mass is 398 g/mol. The molecule has 1 unspecified atom stereocenters. The van der Waals surface area contributed by atoms with Crippen LogP contribution in [0.4, 0.5) is 26.3 Å². The van der Waals surface area contributed by atoms with Crippen molar-refractivity contribution in [1.29, 1.82) is 0 Å². The van der Waals surface area contributed by atoms with Crippen LogP contribution in [-0.4, -0.2) is 18.3 Å². The Morgan fingerprint density at radius 2 is 1.39 bits per heavy atom. The zero-order chi connectivity index (χ0) is 20.6. The Balaban J connectivity index is 2.18. The molecule has 28 heavy (non-hydrogen) atoms. The standard InChI is InChI=1S/C20H12F6O2/c21-19(22,23)16(13-7-3-1-4-8-13)11-14-12-18(20(24,25)26,28-17(14)27)15-9-5-2-6-10-15/h1-12H/b16-11+. The number of ether oxygens (including phenoxy) is 1. The first kappa shape index (κ1) is 19.7. The van der Waals surface area contributed by atoms with Crippen LogP contribution in [0.2, 0.25) is 0 Å². The second-order valence-corrected chi connectivity index (χ2v) is 6.01. The van der Waals surface area contributed by atoms with Gasteiger partial charge in [0.1, 0.15) is 0 Å². The molecule has 8 heteroatoms. The van der Waals surface area contributed by atoms with Gasteiger partial charge in [-0.25, -0.2) is 4.79 Å². The van der Waals surface area contributed by atoms with E-state index in [-0.39, 0.29) is 5.56 Å². The van der Waals surface area contributed by atoms with Gasteiger partial charge in [0.05, 0.1) is 11.1 Å². The quantitative estimate of drug-likeness (QED) is 0.499. The Hall–Kier alpha value is -3.03. The van der Waals surface area contributed by atoms with Crippen molar-refractivity contribution in [2.45, 2.75) is 18.0 Å². The summed E-state index contributed by atoms with van der Waals surface area (Å²) in [5.41, 5.74) is -5.91. The lowest BCUT2D eigenvalue weighted by Gasteiger charge is -2.29. The van der Waals surface area contributed by atoms with Gasteiger partial charge in [-0.05, 0) is 17.7 Å². The number of hydrogen-bond acceptors (Lipinski definition) is 2. The van der Waals surface area contributed by atoms with Gasteiger partial charge < -0.3 is 4.74 Å². The first-order valence-electron chi connectivity index (χ1n) is 7.97. The summed E-state index contributed by atoms with van der Waals surface area (Å²) in [4.78, 5) is 12.1. The first-order valence-corrected chi connectivity index (χ1v) is 7.97. The maximum Gasteiger partial charge on any atom is 0.436 e. The molecule has 0 saturated heterocycles. The summed E-state index contributed by atoms with van der Waals surface area (Å²) in [6.07, 6.45) is -9.18. The summed E-state index contributed by atoms with van der Waals surface area (Å²) in [5.74, 6) is -1.49. The molecule has 3 rings (SSSR count). The van der Waals surface area contributed by atoms with Crippen molar-refractivity contribution in [3.63, 3.8) is 0 Å². The molecular weight excluding hydrogens is 386 g/mol. The summed E-state index contributed by atoms with van der Waals surface area (Å²) in [7, 11) is 0. The third-order valence-corrected chi connectivity index (χ3v) is 4.16. The van der Waals surface area contributed by atoms with Crippen LogP contribution in [0.15, 0.2) is 78.4 Å². The lowest BCUT2D eigenvalue weighted by Crippen LogP contribution is -2.41.